The minimum atomic E-state index is -4.44. The predicted molar refractivity (Wildman–Crippen MR) is 59.1 cm³/mol. The van der Waals surface area contributed by atoms with Gasteiger partial charge < -0.3 is 14.8 Å². The first-order valence-electron chi connectivity index (χ1n) is 5.22. The summed E-state index contributed by atoms with van der Waals surface area (Å²) >= 11 is 0. The Labute approximate surface area is 103 Å². The van der Waals surface area contributed by atoms with Crippen molar-refractivity contribution < 1.29 is 23.1 Å². The Morgan fingerprint density at radius 3 is 1.83 bits per heavy atom. The summed E-state index contributed by atoms with van der Waals surface area (Å²) in [7, 11) is 0. The van der Waals surface area contributed by atoms with Gasteiger partial charge in [-0.15, -0.1) is 0 Å². The van der Waals surface area contributed by atoms with Gasteiger partial charge in [0.2, 0.25) is 0 Å². The Balaban J connectivity index is 3.14. The molecule has 1 rings (SSSR count). The molecule has 0 aliphatic carbocycles. The van der Waals surface area contributed by atoms with Crippen LogP contribution in [0.5, 0.6) is 0 Å². The van der Waals surface area contributed by atoms with Gasteiger partial charge in [0.05, 0.1) is 5.56 Å². The lowest BCUT2D eigenvalue weighted by Crippen LogP contribution is -2.52. The van der Waals surface area contributed by atoms with Gasteiger partial charge in [0.25, 0.3) is 0 Å². The van der Waals surface area contributed by atoms with E-state index in [9.17, 15) is 23.1 Å². The van der Waals surface area contributed by atoms with Gasteiger partial charge in [-0.3, -0.25) is 0 Å². The highest BCUT2D eigenvalue weighted by molar-refractivity contribution is 5.86. The van der Waals surface area contributed by atoms with Crippen molar-refractivity contribution in [3.8, 4) is 0 Å². The standard InChI is InChI=1S/C12H14F3NO2/c1-11(2,3)16(10(17)18)9-6-4-8(5-7-9)12(13,14)15/h4-7H,1-3H3,(H,17,18)/p-1. The largest absolute Gasteiger partial charge is 0.530 e. The van der Waals surface area contributed by atoms with Crippen molar-refractivity contribution >= 4 is 11.8 Å². The Morgan fingerprint density at radius 1 is 1.11 bits per heavy atom. The normalized spacial score (nSPS) is 12.3. The summed E-state index contributed by atoms with van der Waals surface area (Å²) in [6, 6.07) is 3.92. The number of alkyl halides is 3. The van der Waals surface area contributed by atoms with Crippen molar-refractivity contribution in [1.82, 2.24) is 0 Å². The number of anilines is 1. The fourth-order valence-electron chi connectivity index (χ4n) is 1.57. The summed E-state index contributed by atoms with van der Waals surface area (Å²) in [5, 5.41) is 11.0. The lowest BCUT2D eigenvalue weighted by atomic mass is 10.0. The zero-order valence-corrected chi connectivity index (χ0v) is 10.2. The van der Waals surface area contributed by atoms with Crippen LogP contribution in [-0.2, 0) is 6.18 Å². The fourth-order valence-corrected chi connectivity index (χ4v) is 1.57. The number of amides is 1. The molecule has 0 N–H and O–H groups in total. The summed E-state index contributed by atoms with van der Waals surface area (Å²) in [6.07, 6.45) is -5.89. The van der Waals surface area contributed by atoms with Crippen molar-refractivity contribution in [3.63, 3.8) is 0 Å². The number of carboxylic acid groups (broad SMARTS) is 1. The summed E-state index contributed by atoms with van der Waals surface area (Å²) in [6.45, 7) is 4.88. The first kappa shape index (κ1) is 14.3. The van der Waals surface area contributed by atoms with Gasteiger partial charge >= 0.3 is 6.18 Å². The van der Waals surface area contributed by atoms with Crippen LogP contribution in [0.25, 0.3) is 0 Å². The van der Waals surface area contributed by atoms with Crippen LogP contribution >= 0.6 is 0 Å². The molecule has 1 amide bonds. The van der Waals surface area contributed by atoms with E-state index in [0.717, 1.165) is 29.2 Å². The fraction of sp³-hybridized carbons (Fsp3) is 0.417. The minimum absolute atomic E-state index is 0.149. The quantitative estimate of drug-likeness (QED) is 0.779. The highest BCUT2D eigenvalue weighted by Gasteiger charge is 2.31. The average molecular weight is 260 g/mol. The predicted octanol–water partition coefficient (Wildman–Crippen LogP) is 2.65. The van der Waals surface area contributed by atoms with E-state index in [1.165, 1.54) is 0 Å². The third-order valence-corrected chi connectivity index (χ3v) is 2.31. The van der Waals surface area contributed by atoms with Gasteiger partial charge in [-0.25, -0.2) is 0 Å². The zero-order valence-electron chi connectivity index (χ0n) is 10.2. The third-order valence-electron chi connectivity index (χ3n) is 2.31. The number of hydrogen-bond acceptors (Lipinski definition) is 2. The molecule has 0 aromatic heterocycles. The molecule has 1 aromatic rings. The second kappa shape index (κ2) is 4.51. The second-order valence-corrected chi connectivity index (χ2v) is 4.82. The van der Waals surface area contributed by atoms with Crippen LogP contribution in [0.2, 0.25) is 0 Å². The van der Waals surface area contributed by atoms with Gasteiger partial charge in [0, 0.05) is 11.2 Å². The van der Waals surface area contributed by atoms with E-state index in [1.54, 1.807) is 20.8 Å². The molecule has 0 aliphatic heterocycles. The van der Waals surface area contributed by atoms with Crippen LogP contribution in [0.1, 0.15) is 26.3 Å². The molecule has 0 heterocycles. The van der Waals surface area contributed by atoms with Gasteiger partial charge in [0.1, 0.15) is 6.09 Å². The maximum atomic E-state index is 12.4. The Morgan fingerprint density at radius 2 is 1.56 bits per heavy atom. The highest BCUT2D eigenvalue weighted by Crippen LogP contribution is 2.31. The summed E-state index contributed by atoms with van der Waals surface area (Å²) in [5.74, 6) is 0. The Hall–Kier alpha value is -1.72. The lowest BCUT2D eigenvalue weighted by Gasteiger charge is -2.37. The van der Waals surface area contributed by atoms with Crippen molar-refractivity contribution in [1.29, 1.82) is 0 Å². The van der Waals surface area contributed by atoms with Gasteiger partial charge in [0.15, 0.2) is 0 Å². The summed E-state index contributed by atoms with van der Waals surface area (Å²) in [4.78, 5) is 11.9. The Kier molecular flexibility index (Phi) is 3.59. The molecule has 18 heavy (non-hydrogen) atoms. The van der Waals surface area contributed by atoms with Crippen molar-refractivity contribution in [2.24, 2.45) is 0 Å². The van der Waals surface area contributed by atoms with Crippen molar-refractivity contribution in [2.75, 3.05) is 4.90 Å². The first-order chi connectivity index (χ1) is 8.03. The second-order valence-electron chi connectivity index (χ2n) is 4.82. The van der Waals surface area contributed by atoms with E-state index in [0.29, 0.717) is 0 Å². The molecule has 0 radical (unpaired) electrons. The maximum Gasteiger partial charge on any atom is 0.416 e. The van der Waals surface area contributed by atoms with E-state index in [1.807, 2.05) is 0 Å². The van der Waals surface area contributed by atoms with E-state index >= 15 is 0 Å². The maximum absolute atomic E-state index is 12.4. The molecule has 0 unspecified atom stereocenters. The Bertz CT molecular complexity index is 432. The third kappa shape index (κ3) is 3.15. The van der Waals surface area contributed by atoms with Crippen LogP contribution in [0.3, 0.4) is 0 Å². The SMILES string of the molecule is CC(C)(C)N(C(=O)[O-])c1ccc(C(F)(F)F)cc1. The minimum Gasteiger partial charge on any atom is -0.530 e. The molecule has 0 saturated heterocycles. The van der Waals surface area contributed by atoms with E-state index in [2.05, 4.69) is 0 Å². The van der Waals surface area contributed by atoms with Crippen molar-refractivity contribution in [3.05, 3.63) is 29.8 Å². The zero-order chi connectivity index (χ0) is 14.1. The molecule has 0 atom stereocenters. The van der Waals surface area contributed by atoms with E-state index in [-0.39, 0.29) is 5.69 Å². The van der Waals surface area contributed by atoms with Crippen LogP contribution in [0.15, 0.2) is 24.3 Å². The monoisotopic (exact) mass is 260 g/mol. The number of carbonyl (C=O) groups is 1. The molecular formula is C12H13F3NO2-. The number of benzene rings is 1. The van der Waals surface area contributed by atoms with Gasteiger partial charge in [-0.05, 0) is 45.0 Å². The lowest BCUT2D eigenvalue weighted by molar-refractivity contribution is -0.247. The molecule has 100 valence electrons. The highest BCUT2D eigenvalue weighted by atomic mass is 19.4. The van der Waals surface area contributed by atoms with Crippen molar-refractivity contribution in [2.45, 2.75) is 32.5 Å². The average Bonchev–Trinajstić information content (AvgIpc) is 2.13. The number of hydrogen-bond donors (Lipinski definition) is 0. The van der Waals surface area contributed by atoms with Crippen LogP contribution in [0.4, 0.5) is 23.7 Å². The van der Waals surface area contributed by atoms with Crippen LogP contribution in [0, 0.1) is 0 Å². The van der Waals surface area contributed by atoms with Crippen LogP contribution in [-0.4, -0.2) is 11.6 Å². The molecule has 6 heteroatoms. The molecule has 0 saturated carbocycles. The number of nitrogens with zero attached hydrogens (tertiary/aromatic N) is 1. The van der Waals surface area contributed by atoms with E-state index < -0.39 is 23.4 Å². The number of rotatable bonds is 1. The molecule has 0 bridgehead atoms. The molecule has 0 fully saturated rings. The first-order valence-corrected chi connectivity index (χ1v) is 5.22. The molecular weight excluding hydrogens is 247 g/mol. The summed E-state index contributed by atoms with van der Waals surface area (Å²) in [5.41, 5.74) is -1.47. The number of carbonyl (C=O) groups excluding carboxylic acids is 1. The van der Waals surface area contributed by atoms with Gasteiger partial charge in [-0.2, -0.15) is 13.2 Å². The van der Waals surface area contributed by atoms with Gasteiger partial charge in [-0.1, -0.05) is 0 Å². The molecule has 0 spiro atoms. The van der Waals surface area contributed by atoms with Crippen LogP contribution < -0.4 is 10.0 Å². The molecule has 0 aliphatic rings. The smallest absolute Gasteiger partial charge is 0.416 e. The summed E-state index contributed by atoms with van der Waals surface area (Å²) < 4.78 is 37.1. The topological polar surface area (TPSA) is 43.4 Å². The van der Waals surface area contributed by atoms with E-state index in [4.69, 9.17) is 0 Å². The number of halogens is 3. The molecule has 3 nitrogen and oxygen atoms in total. The molecule has 1 aromatic carbocycles.